The van der Waals surface area contributed by atoms with Crippen LogP contribution in [-0.2, 0) is 0 Å². The van der Waals surface area contributed by atoms with Crippen LogP contribution in [0.3, 0.4) is 0 Å². The molecule has 0 saturated heterocycles. The van der Waals surface area contributed by atoms with E-state index in [9.17, 15) is 0 Å². The number of H-pyrrole nitrogens is 1. The van der Waals surface area contributed by atoms with E-state index in [1.165, 1.54) is 0 Å². The van der Waals surface area contributed by atoms with Crippen LogP contribution in [0.2, 0.25) is 0 Å². The van der Waals surface area contributed by atoms with Crippen molar-refractivity contribution in [1.82, 2.24) is 10.4 Å². The Morgan fingerprint density at radius 2 is 1.86 bits per heavy atom. The molecule has 0 aliphatic heterocycles. The highest BCUT2D eigenvalue weighted by molar-refractivity contribution is 5.27. The highest BCUT2D eigenvalue weighted by atomic mass is 15.2. The first-order valence-corrected chi connectivity index (χ1v) is 4.56. The van der Waals surface area contributed by atoms with Gasteiger partial charge in [0.15, 0.2) is 0 Å². The van der Waals surface area contributed by atoms with Crippen LogP contribution in [0.1, 0.15) is 17.3 Å². The Bertz CT molecular complexity index is 367. The Balaban J connectivity index is 2.31. The Hall–Kier alpha value is -1.58. The van der Waals surface area contributed by atoms with Gasteiger partial charge in [0, 0.05) is 11.9 Å². The molecule has 0 aliphatic rings. The summed E-state index contributed by atoms with van der Waals surface area (Å²) in [6.07, 6.45) is 1.89. The van der Waals surface area contributed by atoms with Gasteiger partial charge in [-0.15, -0.1) is 0 Å². The predicted octanol–water partition coefficient (Wildman–Crippen LogP) is 1.57. The molecule has 2 rings (SSSR count). The van der Waals surface area contributed by atoms with Crippen molar-refractivity contribution in [3.8, 4) is 0 Å². The molecule has 1 aromatic heterocycles. The predicted molar refractivity (Wildman–Crippen MR) is 56.4 cm³/mol. The minimum Gasteiger partial charge on any atom is -0.363 e. The molecular formula is C11H13N3. The Morgan fingerprint density at radius 3 is 2.43 bits per heavy atom. The zero-order valence-corrected chi connectivity index (χ0v) is 7.77. The lowest BCUT2D eigenvalue weighted by Gasteiger charge is -2.14. The van der Waals surface area contributed by atoms with Crippen LogP contribution in [0.25, 0.3) is 0 Å². The van der Waals surface area contributed by atoms with Crippen LogP contribution in [0.4, 0.5) is 0 Å². The fourth-order valence-electron chi connectivity index (χ4n) is 1.53. The molecule has 0 saturated carbocycles. The van der Waals surface area contributed by atoms with E-state index in [1.807, 2.05) is 48.7 Å². The molecule has 1 unspecified atom stereocenters. The summed E-state index contributed by atoms with van der Waals surface area (Å²) in [5, 5.41) is 0. The number of hydrogen-bond donors (Lipinski definition) is 3. The molecule has 72 valence electrons. The van der Waals surface area contributed by atoms with Gasteiger partial charge in [-0.05, 0) is 17.7 Å². The SMILES string of the molecule is NNC(c1ccccc1)c1ccc[nH]1. The number of nitrogens with one attached hydrogen (secondary N) is 2. The van der Waals surface area contributed by atoms with E-state index in [-0.39, 0.29) is 6.04 Å². The van der Waals surface area contributed by atoms with Crippen LogP contribution in [-0.4, -0.2) is 4.98 Å². The maximum Gasteiger partial charge on any atom is 0.0859 e. The van der Waals surface area contributed by atoms with Crippen LogP contribution in [0.15, 0.2) is 48.7 Å². The standard InChI is InChI=1S/C11H13N3/c12-14-11(10-7-4-8-13-10)9-5-2-1-3-6-9/h1-8,11,13-14H,12H2. The minimum atomic E-state index is 0.0335. The lowest BCUT2D eigenvalue weighted by molar-refractivity contribution is 0.624. The van der Waals surface area contributed by atoms with Gasteiger partial charge in [-0.2, -0.15) is 0 Å². The molecule has 4 N–H and O–H groups in total. The second kappa shape index (κ2) is 4.09. The first-order valence-electron chi connectivity index (χ1n) is 4.56. The summed E-state index contributed by atoms with van der Waals surface area (Å²) in [7, 11) is 0. The number of benzene rings is 1. The van der Waals surface area contributed by atoms with Crippen molar-refractivity contribution < 1.29 is 0 Å². The molecule has 0 fully saturated rings. The van der Waals surface area contributed by atoms with Gasteiger partial charge in [-0.3, -0.25) is 5.84 Å². The number of hydrazine groups is 1. The molecule has 0 aliphatic carbocycles. The molecule has 14 heavy (non-hydrogen) atoms. The Morgan fingerprint density at radius 1 is 1.07 bits per heavy atom. The van der Waals surface area contributed by atoms with Gasteiger partial charge in [0.05, 0.1) is 6.04 Å². The molecule has 1 heterocycles. The fraction of sp³-hybridized carbons (Fsp3) is 0.0909. The van der Waals surface area contributed by atoms with Gasteiger partial charge in [-0.1, -0.05) is 30.3 Å². The summed E-state index contributed by atoms with van der Waals surface area (Å²) < 4.78 is 0. The van der Waals surface area contributed by atoms with Crippen LogP contribution in [0.5, 0.6) is 0 Å². The molecule has 0 amide bonds. The highest BCUT2D eigenvalue weighted by Crippen LogP contribution is 2.18. The largest absolute Gasteiger partial charge is 0.363 e. The number of rotatable bonds is 3. The van der Waals surface area contributed by atoms with E-state index >= 15 is 0 Å². The van der Waals surface area contributed by atoms with Crippen LogP contribution < -0.4 is 11.3 Å². The van der Waals surface area contributed by atoms with Crippen molar-refractivity contribution in [3.05, 3.63) is 59.9 Å². The van der Waals surface area contributed by atoms with E-state index in [0.29, 0.717) is 0 Å². The van der Waals surface area contributed by atoms with E-state index in [0.717, 1.165) is 11.3 Å². The average molecular weight is 187 g/mol. The fourth-order valence-corrected chi connectivity index (χ4v) is 1.53. The molecule has 1 atom stereocenters. The van der Waals surface area contributed by atoms with Gasteiger partial charge >= 0.3 is 0 Å². The van der Waals surface area contributed by atoms with Crippen LogP contribution in [0, 0.1) is 0 Å². The molecule has 1 aromatic carbocycles. The number of nitrogens with two attached hydrogens (primary N) is 1. The zero-order valence-electron chi connectivity index (χ0n) is 7.77. The summed E-state index contributed by atoms with van der Waals surface area (Å²) in [6.45, 7) is 0. The first-order chi connectivity index (χ1) is 6.92. The summed E-state index contributed by atoms with van der Waals surface area (Å²) in [4.78, 5) is 3.14. The monoisotopic (exact) mass is 187 g/mol. The maximum atomic E-state index is 5.53. The van der Waals surface area contributed by atoms with Gasteiger partial charge in [0.25, 0.3) is 0 Å². The number of hydrogen-bond acceptors (Lipinski definition) is 2. The van der Waals surface area contributed by atoms with Gasteiger partial charge in [-0.25, -0.2) is 5.43 Å². The third kappa shape index (κ3) is 1.69. The second-order valence-electron chi connectivity index (χ2n) is 3.14. The highest BCUT2D eigenvalue weighted by Gasteiger charge is 2.11. The van der Waals surface area contributed by atoms with Gasteiger partial charge < -0.3 is 4.98 Å². The van der Waals surface area contributed by atoms with Crippen LogP contribution >= 0.6 is 0 Å². The average Bonchev–Trinajstić information content (AvgIpc) is 2.74. The van der Waals surface area contributed by atoms with Gasteiger partial charge in [0.2, 0.25) is 0 Å². The van der Waals surface area contributed by atoms with Gasteiger partial charge in [0.1, 0.15) is 0 Å². The lowest BCUT2D eigenvalue weighted by atomic mass is 10.1. The molecule has 0 spiro atoms. The van der Waals surface area contributed by atoms with Crippen molar-refractivity contribution in [2.24, 2.45) is 5.84 Å². The third-order valence-corrected chi connectivity index (χ3v) is 2.23. The second-order valence-corrected chi connectivity index (χ2v) is 3.14. The van der Waals surface area contributed by atoms with E-state index in [2.05, 4.69) is 10.4 Å². The molecule has 0 radical (unpaired) electrons. The summed E-state index contributed by atoms with van der Waals surface area (Å²) in [5.74, 6) is 5.53. The topological polar surface area (TPSA) is 53.8 Å². The first kappa shape index (κ1) is 8.99. The molecular weight excluding hydrogens is 174 g/mol. The lowest BCUT2D eigenvalue weighted by Crippen LogP contribution is -2.28. The quantitative estimate of drug-likeness (QED) is 0.504. The molecule has 0 bridgehead atoms. The van der Waals surface area contributed by atoms with Crippen molar-refractivity contribution in [1.29, 1.82) is 0 Å². The summed E-state index contributed by atoms with van der Waals surface area (Å²) in [5.41, 5.74) is 5.01. The number of aromatic nitrogens is 1. The maximum absolute atomic E-state index is 5.53. The van der Waals surface area contributed by atoms with E-state index < -0.39 is 0 Å². The van der Waals surface area contributed by atoms with Crippen molar-refractivity contribution in [3.63, 3.8) is 0 Å². The third-order valence-electron chi connectivity index (χ3n) is 2.23. The molecule has 3 nitrogen and oxygen atoms in total. The summed E-state index contributed by atoms with van der Waals surface area (Å²) in [6, 6.07) is 14.1. The summed E-state index contributed by atoms with van der Waals surface area (Å²) >= 11 is 0. The molecule has 3 heteroatoms. The zero-order chi connectivity index (χ0) is 9.80. The van der Waals surface area contributed by atoms with Crippen molar-refractivity contribution in [2.45, 2.75) is 6.04 Å². The normalized spacial score (nSPS) is 12.6. The van der Waals surface area contributed by atoms with E-state index in [1.54, 1.807) is 0 Å². The smallest absolute Gasteiger partial charge is 0.0859 e. The Labute approximate surface area is 82.9 Å². The van der Waals surface area contributed by atoms with Crippen molar-refractivity contribution in [2.75, 3.05) is 0 Å². The minimum absolute atomic E-state index is 0.0335. The van der Waals surface area contributed by atoms with Crippen molar-refractivity contribution >= 4 is 0 Å². The molecule has 2 aromatic rings. The van der Waals surface area contributed by atoms with E-state index in [4.69, 9.17) is 5.84 Å². The Kier molecular flexibility index (Phi) is 2.62. The number of aromatic amines is 1.